The van der Waals surface area contributed by atoms with Crippen LogP contribution in [0, 0.1) is 28.7 Å². The standard InChI is InChI=1S/C35H30.2CH3.Hf/c1-19-15-27-25-9-5-7-21-11-13-23(31(21)25)17-29(27)33(19)35(3,4)34-20(2)16-28-26-10-6-8-22-12-14-24(32(22)26)18-30(28)34;;;/h5-10,15-18H,11-14H2,1-4H3;2*1H3;/q-2;2*-1;+4. The summed E-state index contributed by atoms with van der Waals surface area (Å²) in [6.07, 6.45) is 4.71. The fourth-order valence-electron chi connectivity index (χ4n) is 8.21. The maximum absolute atomic E-state index is 2.54. The zero-order valence-corrected chi connectivity index (χ0v) is 27.2. The maximum atomic E-state index is 2.54. The Morgan fingerprint density at radius 1 is 0.553 bits per heavy atom. The normalized spacial score (nSPS) is 13.8. The number of hydrogen-bond acceptors (Lipinski definition) is 0. The molecule has 6 aromatic rings. The van der Waals surface area contributed by atoms with Gasteiger partial charge in [0.15, 0.2) is 0 Å². The monoisotopic (exact) mass is 660 g/mol. The Bertz CT molecular complexity index is 1750. The summed E-state index contributed by atoms with van der Waals surface area (Å²) in [4.78, 5) is 0. The van der Waals surface area contributed by atoms with Crippen molar-refractivity contribution in [2.24, 2.45) is 0 Å². The number of benzene rings is 4. The molecule has 0 bridgehead atoms. The molecule has 0 aliphatic heterocycles. The van der Waals surface area contributed by atoms with Crippen LogP contribution in [0.4, 0.5) is 0 Å². The maximum Gasteiger partial charge on any atom is 4.00 e. The van der Waals surface area contributed by atoms with Crippen molar-refractivity contribution in [2.45, 2.75) is 58.8 Å². The van der Waals surface area contributed by atoms with Crippen molar-refractivity contribution >= 4 is 43.1 Å². The van der Waals surface area contributed by atoms with E-state index in [0.29, 0.717) is 0 Å². The van der Waals surface area contributed by atoms with Crippen LogP contribution in [0.3, 0.4) is 0 Å². The van der Waals surface area contributed by atoms with Gasteiger partial charge in [0.2, 0.25) is 0 Å². The van der Waals surface area contributed by atoms with Crippen LogP contribution >= 0.6 is 0 Å². The molecule has 2 aliphatic carbocycles. The van der Waals surface area contributed by atoms with Gasteiger partial charge in [-0.2, -0.15) is 12.1 Å². The average Bonchev–Trinajstić information content (AvgIpc) is 3.59. The first-order valence-corrected chi connectivity index (χ1v) is 13.2. The third-order valence-electron chi connectivity index (χ3n) is 9.37. The van der Waals surface area contributed by atoms with Crippen LogP contribution in [0.15, 0.2) is 60.7 Å². The molecule has 0 N–H and O–H groups in total. The van der Waals surface area contributed by atoms with E-state index in [1.807, 2.05) is 0 Å². The van der Waals surface area contributed by atoms with Crippen LogP contribution in [0.25, 0.3) is 43.1 Å². The van der Waals surface area contributed by atoms with Gasteiger partial charge in [0.1, 0.15) is 0 Å². The third-order valence-corrected chi connectivity index (χ3v) is 9.37. The third kappa shape index (κ3) is 3.30. The van der Waals surface area contributed by atoms with Gasteiger partial charge in [-0.3, -0.25) is 0 Å². The van der Waals surface area contributed by atoms with Gasteiger partial charge >= 0.3 is 25.8 Å². The molecule has 0 heterocycles. The zero-order valence-electron chi connectivity index (χ0n) is 23.6. The predicted octanol–water partition coefficient (Wildman–Crippen LogP) is 9.78. The number of hydrogen-bond donors (Lipinski definition) is 0. The molecule has 0 nitrogen and oxygen atoms in total. The predicted molar refractivity (Wildman–Crippen MR) is 163 cm³/mol. The SMILES string of the molecule is Cc1cc2c3cccc4c3c(cc2[c-]1C(C)(C)[c-]1c(C)cc2c3cccc5c3c(cc21)CC5)CC4.[CH3-].[CH3-].[Hf+4]. The average molecular weight is 659 g/mol. The van der Waals surface area contributed by atoms with Gasteiger partial charge in [-0.15, -0.1) is 55.9 Å². The van der Waals surface area contributed by atoms with Crippen molar-refractivity contribution in [2.75, 3.05) is 0 Å². The minimum absolute atomic E-state index is 0. The van der Waals surface area contributed by atoms with E-state index in [2.05, 4.69) is 88.4 Å². The molecule has 0 atom stereocenters. The number of rotatable bonds is 2. The van der Waals surface area contributed by atoms with Crippen LogP contribution in [0.5, 0.6) is 0 Å². The second-order valence-electron chi connectivity index (χ2n) is 11.7. The van der Waals surface area contributed by atoms with E-state index >= 15 is 0 Å². The molecular formula is C37H36Hf. The van der Waals surface area contributed by atoms with Crippen molar-refractivity contribution < 1.29 is 25.8 Å². The quantitative estimate of drug-likeness (QED) is 0.128. The van der Waals surface area contributed by atoms with E-state index in [4.69, 9.17) is 0 Å². The molecule has 0 fully saturated rings. The Balaban J connectivity index is 0.000000980. The molecule has 0 aromatic heterocycles. The first kappa shape index (κ1) is 27.1. The van der Waals surface area contributed by atoms with Crippen molar-refractivity contribution in [1.82, 2.24) is 0 Å². The van der Waals surface area contributed by atoms with E-state index in [9.17, 15) is 0 Å². The van der Waals surface area contributed by atoms with E-state index in [1.54, 1.807) is 11.1 Å². The van der Waals surface area contributed by atoms with Gasteiger partial charge in [0.05, 0.1) is 0 Å². The first-order valence-electron chi connectivity index (χ1n) is 13.2. The van der Waals surface area contributed by atoms with Crippen LogP contribution in [0.2, 0.25) is 0 Å². The van der Waals surface area contributed by atoms with Gasteiger partial charge in [0.25, 0.3) is 0 Å². The molecule has 6 aromatic carbocycles. The molecule has 188 valence electrons. The zero-order chi connectivity index (χ0) is 23.6. The molecule has 0 unspecified atom stereocenters. The van der Waals surface area contributed by atoms with E-state index in [-0.39, 0.29) is 46.1 Å². The molecular weight excluding hydrogens is 623 g/mol. The van der Waals surface area contributed by atoms with Crippen LogP contribution in [-0.2, 0) is 56.9 Å². The Morgan fingerprint density at radius 3 is 1.37 bits per heavy atom. The summed E-state index contributed by atoms with van der Waals surface area (Å²) in [5.74, 6) is 0. The summed E-state index contributed by atoms with van der Waals surface area (Å²) < 4.78 is 0. The summed E-state index contributed by atoms with van der Waals surface area (Å²) in [7, 11) is 0. The Hall–Kier alpha value is -2.51. The summed E-state index contributed by atoms with van der Waals surface area (Å²) in [6.45, 7) is 9.60. The van der Waals surface area contributed by atoms with Crippen LogP contribution in [-0.4, -0.2) is 0 Å². The molecule has 1 heteroatoms. The van der Waals surface area contributed by atoms with Crippen molar-refractivity contribution in [3.63, 3.8) is 0 Å². The van der Waals surface area contributed by atoms with Crippen molar-refractivity contribution in [1.29, 1.82) is 0 Å². The summed E-state index contributed by atoms with van der Waals surface area (Å²) in [5, 5.41) is 11.8. The van der Waals surface area contributed by atoms with Gasteiger partial charge < -0.3 is 14.9 Å². The van der Waals surface area contributed by atoms with Crippen molar-refractivity contribution in [3.05, 3.63) is 120 Å². The summed E-state index contributed by atoms with van der Waals surface area (Å²) in [6, 6.07) is 23.9. The molecule has 0 amide bonds. The summed E-state index contributed by atoms with van der Waals surface area (Å²) in [5.41, 5.74) is 12.0. The van der Waals surface area contributed by atoms with Gasteiger partial charge in [-0.05, 0) is 47.6 Å². The molecule has 8 rings (SSSR count). The number of fused-ring (bicyclic) bond motifs is 4. The first-order chi connectivity index (χ1) is 16.9. The number of aryl methyl sites for hydroxylation is 6. The molecule has 0 radical (unpaired) electrons. The topological polar surface area (TPSA) is 0 Å². The summed E-state index contributed by atoms with van der Waals surface area (Å²) >= 11 is 0. The minimum Gasteiger partial charge on any atom is -0.358 e. The van der Waals surface area contributed by atoms with Crippen LogP contribution in [0.1, 0.15) is 58.4 Å². The fraction of sp³-hybridized carbons (Fsp3) is 0.243. The van der Waals surface area contributed by atoms with Crippen molar-refractivity contribution in [3.8, 4) is 0 Å². The largest absolute Gasteiger partial charge is 4.00 e. The van der Waals surface area contributed by atoms with Gasteiger partial charge in [-0.1, -0.05) is 91.4 Å². The Morgan fingerprint density at radius 2 is 0.947 bits per heavy atom. The van der Waals surface area contributed by atoms with E-state index < -0.39 is 0 Å². The molecule has 2 aliphatic rings. The molecule has 0 saturated heterocycles. The second kappa shape index (κ2) is 9.02. The fourth-order valence-corrected chi connectivity index (χ4v) is 8.21. The van der Waals surface area contributed by atoms with E-state index in [0.717, 1.165) is 0 Å². The smallest absolute Gasteiger partial charge is 0.358 e. The second-order valence-corrected chi connectivity index (χ2v) is 11.7. The Labute approximate surface area is 246 Å². The Kier molecular flexibility index (Phi) is 6.43. The van der Waals surface area contributed by atoms with Crippen LogP contribution < -0.4 is 0 Å². The van der Waals surface area contributed by atoms with Gasteiger partial charge in [-0.25, -0.2) is 0 Å². The molecule has 38 heavy (non-hydrogen) atoms. The minimum atomic E-state index is -0.0785. The van der Waals surface area contributed by atoms with Gasteiger partial charge in [0, 0.05) is 0 Å². The molecule has 0 spiro atoms. The van der Waals surface area contributed by atoms with E-state index in [1.165, 1.54) is 102 Å². The molecule has 0 saturated carbocycles.